The number of halogens is 1. The average Bonchev–Trinajstić information content (AvgIpc) is 3.30. The molecule has 1 aromatic rings. The Morgan fingerprint density at radius 3 is 2.48 bits per heavy atom. The largest absolute Gasteiger partial charge is 0.494 e. The lowest BCUT2D eigenvalue weighted by atomic mass is 10.1. The van der Waals surface area contributed by atoms with E-state index >= 15 is 0 Å². The van der Waals surface area contributed by atoms with Crippen LogP contribution in [0.3, 0.4) is 0 Å². The Labute approximate surface area is 170 Å². The highest BCUT2D eigenvalue weighted by Gasteiger charge is 2.39. The van der Waals surface area contributed by atoms with Crippen LogP contribution in [0.15, 0.2) is 18.2 Å². The second-order valence-corrected chi connectivity index (χ2v) is 9.83. The van der Waals surface area contributed by atoms with Gasteiger partial charge in [-0.3, -0.25) is 9.59 Å². The molecule has 3 rings (SSSR count). The molecular formula is C20H26FNO6S. The number of benzene rings is 1. The Morgan fingerprint density at radius 2 is 1.90 bits per heavy atom. The van der Waals surface area contributed by atoms with E-state index in [4.69, 9.17) is 9.47 Å². The highest BCUT2D eigenvalue weighted by atomic mass is 32.2. The molecule has 1 saturated heterocycles. The molecule has 7 nitrogen and oxygen atoms in total. The van der Waals surface area contributed by atoms with E-state index in [1.54, 1.807) is 11.0 Å². The van der Waals surface area contributed by atoms with Crippen molar-refractivity contribution in [2.45, 2.75) is 50.6 Å². The first-order valence-electron chi connectivity index (χ1n) is 9.78. The first-order valence-corrected chi connectivity index (χ1v) is 11.6. The maximum Gasteiger partial charge on any atom is 0.310 e. The van der Waals surface area contributed by atoms with E-state index < -0.39 is 28.2 Å². The van der Waals surface area contributed by atoms with Gasteiger partial charge in [0, 0.05) is 12.1 Å². The van der Waals surface area contributed by atoms with Gasteiger partial charge in [0.25, 0.3) is 5.91 Å². The lowest BCUT2D eigenvalue weighted by Gasteiger charge is -2.33. The molecule has 1 aliphatic heterocycles. The monoisotopic (exact) mass is 427 g/mol. The van der Waals surface area contributed by atoms with Crippen LogP contribution in [0.4, 0.5) is 4.39 Å². The molecule has 160 valence electrons. The molecule has 2 aliphatic rings. The van der Waals surface area contributed by atoms with Crippen LogP contribution in [0.25, 0.3) is 0 Å². The molecule has 1 amide bonds. The van der Waals surface area contributed by atoms with Gasteiger partial charge in [-0.1, -0.05) is 18.9 Å². The van der Waals surface area contributed by atoms with Crippen LogP contribution in [0.2, 0.25) is 0 Å². The molecule has 0 radical (unpaired) electrons. The molecule has 1 saturated carbocycles. The average molecular weight is 427 g/mol. The molecule has 1 atom stereocenters. The number of carbonyl (C=O) groups is 2. The minimum Gasteiger partial charge on any atom is -0.494 e. The SMILES string of the molecule is COc1ccc(CC(=O)OCC(=O)N(C2CCCC2)C2CCS(=O)(=O)C2)cc1F. The second-order valence-electron chi connectivity index (χ2n) is 7.60. The molecule has 0 spiro atoms. The summed E-state index contributed by atoms with van der Waals surface area (Å²) in [6.45, 7) is -0.440. The van der Waals surface area contributed by atoms with Gasteiger partial charge < -0.3 is 14.4 Å². The number of hydrogen-bond donors (Lipinski definition) is 0. The van der Waals surface area contributed by atoms with Crippen molar-refractivity contribution in [3.63, 3.8) is 0 Å². The van der Waals surface area contributed by atoms with Crippen LogP contribution in [-0.4, -0.2) is 62.5 Å². The molecule has 9 heteroatoms. The van der Waals surface area contributed by atoms with Crippen LogP contribution in [0, 0.1) is 5.82 Å². The summed E-state index contributed by atoms with van der Waals surface area (Å²) in [5, 5.41) is 0. The van der Waals surface area contributed by atoms with Crippen molar-refractivity contribution < 1.29 is 31.9 Å². The molecule has 0 bridgehead atoms. The van der Waals surface area contributed by atoms with Crippen molar-refractivity contribution in [3.8, 4) is 5.75 Å². The highest BCUT2D eigenvalue weighted by Crippen LogP contribution is 2.29. The number of hydrogen-bond acceptors (Lipinski definition) is 6. The number of rotatable bonds is 7. The predicted molar refractivity (Wildman–Crippen MR) is 104 cm³/mol. The smallest absolute Gasteiger partial charge is 0.310 e. The third kappa shape index (κ3) is 5.46. The summed E-state index contributed by atoms with van der Waals surface area (Å²) in [4.78, 5) is 26.5. The van der Waals surface area contributed by atoms with E-state index in [2.05, 4.69) is 0 Å². The highest BCUT2D eigenvalue weighted by molar-refractivity contribution is 7.91. The Hall–Kier alpha value is -2.16. The fraction of sp³-hybridized carbons (Fsp3) is 0.600. The summed E-state index contributed by atoms with van der Waals surface area (Å²) >= 11 is 0. The van der Waals surface area contributed by atoms with Gasteiger partial charge in [-0.25, -0.2) is 12.8 Å². The molecule has 1 aliphatic carbocycles. The maximum atomic E-state index is 13.7. The van der Waals surface area contributed by atoms with E-state index in [0.29, 0.717) is 12.0 Å². The van der Waals surface area contributed by atoms with Crippen molar-refractivity contribution in [2.24, 2.45) is 0 Å². The molecule has 0 N–H and O–H groups in total. The third-order valence-electron chi connectivity index (χ3n) is 5.53. The van der Waals surface area contributed by atoms with Gasteiger partial charge >= 0.3 is 5.97 Å². The van der Waals surface area contributed by atoms with Crippen molar-refractivity contribution in [3.05, 3.63) is 29.6 Å². The molecule has 29 heavy (non-hydrogen) atoms. The Morgan fingerprint density at radius 1 is 1.17 bits per heavy atom. The third-order valence-corrected chi connectivity index (χ3v) is 7.28. The summed E-state index contributed by atoms with van der Waals surface area (Å²) in [7, 11) is -1.78. The fourth-order valence-electron chi connectivity index (χ4n) is 4.14. The molecule has 1 aromatic carbocycles. The van der Waals surface area contributed by atoms with Crippen molar-refractivity contribution in [1.82, 2.24) is 4.90 Å². The molecule has 0 aromatic heterocycles. The van der Waals surface area contributed by atoms with Gasteiger partial charge in [0.1, 0.15) is 0 Å². The van der Waals surface area contributed by atoms with E-state index in [1.165, 1.54) is 19.2 Å². The minimum absolute atomic E-state index is 0.00446. The first-order chi connectivity index (χ1) is 13.8. The van der Waals surface area contributed by atoms with Gasteiger partial charge in [-0.05, 0) is 37.0 Å². The summed E-state index contributed by atoms with van der Waals surface area (Å²) in [6, 6.07) is 3.81. The van der Waals surface area contributed by atoms with Gasteiger partial charge in [0.2, 0.25) is 0 Å². The summed E-state index contributed by atoms with van der Waals surface area (Å²) < 4.78 is 47.4. The van der Waals surface area contributed by atoms with Crippen LogP contribution in [-0.2, 0) is 30.6 Å². The molecular weight excluding hydrogens is 401 g/mol. The molecule has 1 unspecified atom stereocenters. The zero-order chi connectivity index (χ0) is 21.0. The zero-order valence-corrected chi connectivity index (χ0v) is 17.3. The van der Waals surface area contributed by atoms with Crippen LogP contribution in [0.1, 0.15) is 37.7 Å². The summed E-state index contributed by atoms with van der Waals surface area (Å²) in [5.41, 5.74) is 0.412. The number of carbonyl (C=O) groups excluding carboxylic acids is 2. The van der Waals surface area contributed by atoms with Crippen LogP contribution in [0.5, 0.6) is 5.75 Å². The zero-order valence-electron chi connectivity index (χ0n) is 16.4. The fourth-order valence-corrected chi connectivity index (χ4v) is 5.85. The summed E-state index contributed by atoms with van der Waals surface area (Å²) in [5.74, 6) is -1.47. The number of sulfone groups is 1. The molecule has 2 fully saturated rings. The van der Waals surface area contributed by atoms with E-state index in [0.717, 1.165) is 25.7 Å². The number of methoxy groups -OCH3 is 1. The first kappa shape index (κ1) is 21.5. The maximum absolute atomic E-state index is 13.7. The van der Waals surface area contributed by atoms with E-state index in [1.807, 2.05) is 0 Å². The van der Waals surface area contributed by atoms with Gasteiger partial charge in [0.05, 0.1) is 25.0 Å². The van der Waals surface area contributed by atoms with Crippen molar-refractivity contribution in [1.29, 1.82) is 0 Å². The topological polar surface area (TPSA) is 90.0 Å². The molecule has 1 heterocycles. The summed E-state index contributed by atoms with van der Waals surface area (Å²) in [6.07, 6.45) is 3.91. The van der Waals surface area contributed by atoms with Gasteiger partial charge in [-0.15, -0.1) is 0 Å². The number of amides is 1. The standard InChI is InChI=1S/C20H26FNO6S/c1-27-18-7-6-14(10-17(18)21)11-20(24)28-12-19(23)22(15-4-2-3-5-15)16-8-9-29(25,26)13-16/h6-7,10,15-16H,2-5,8-9,11-13H2,1H3. The van der Waals surface area contributed by atoms with Gasteiger partial charge in [-0.2, -0.15) is 0 Å². The number of nitrogens with zero attached hydrogens (tertiary/aromatic N) is 1. The number of esters is 1. The van der Waals surface area contributed by atoms with Crippen LogP contribution < -0.4 is 4.74 Å². The van der Waals surface area contributed by atoms with Crippen molar-refractivity contribution in [2.75, 3.05) is 25.2 Å². The lowest BCUT2D eigenvalue weighted by Crippen LogP contribution is -2.48. The normalized spacial score (nSPS) is 21.1. The predicted octanol–water partition coefficient (Wildman–Crippen LogP) is 1.88. The second kappa shape index (κ2) is 9.11. The Bertz CT molecular complexity index is 866. The van der Waals surface area contributed by atoms with Crippen molar-refractivity contribution >= 4 is 21.7 Å². The Balaban J connectivity index is 1.59. The Kier molecular flexibility index (Phi) is 6.77. The number of ether oxygens (including phenoxy) is 2. The minimum atomic E-state index is -3.13. The van der Waals surface area contributed by atoms with E-state index in [9.17, 15) is 22.4 Å². The van der Waals surface area contributed by atoms with Gasteiger partial charge in [0.15, 0.2) is 28.0 Å². The lowest BCUT2D eigenvalue weighted by molar-refractivity contribution is -0.153. The van der Waals surface area contributed by atoms with Crippen LogP contribution >= 0.6 is 0 Å². The quantitative estimate of drug-likeness (QED) is 0.617. The van der Waals surface area contributed by atoms with E-state index in [-0.39, 0.29) is 41.7 Å².